The second-order valence-corrected chi connectivity index (χ2v) is 10.7. The Labute approximate surface area is 264 Å². The van der Waals surface area contributed by atoms with Crippen molar-refractivity contribution < 1.29 is 43.5 Å². The summed E-state index contributed by atoms with van der Waals surface area (Å²) in [6, 6.07) is 13.6. The number of anilines is 1. The van der Waals surface area contributed by atoms with E-state index in [1.165, 1.54) is 19.1 Å². The Balaban J connectivity index is 0.000000468. The van der Waals surface area contributed by atoms with Crippen molar-refractivity contribution >= 4 is 23.4 Å². The average molecular weight is 622 g/mol. The van der Waals surface area contributed by atoms with Crippen molar-refractivity contribution in [3.8, 4) is 23.0 Å². The van der Waals surface area contributed by atoms with Crippen LogP contribution in [0.2, 0.25) is 0 Å². The zero-order chi connectivity index (χ0) is 32.9. The van der Waals surface area contributed by atoms with E-state index in [1.54, 1.807) is 25.3 Å². The third-order valence-corrected chi connectivity index (χ3v) is 7.27. The van der Waals surface area contributed by atoms with E-state index in [0.717, 1.165) is 53.9 Å². The van der Waals surface area contributed by atoms with Gasteiger partial charge in [-0.15, -0.1) is 0 Å². The molecule has 0 amide bonds. The normalized spacial score (nSPS) is 13.4. The van der Waals surface area contributed by atoms with Gasteiger partial charge in [0.15, 0.2) is 11.9 Å². The number of Topliss-reactive ketones (excluding diaryl/α,β-unsaturated/α-hetero) is 1. The van der Waals surface area contributed by atoms with Crippen molar-refractivity contribution in [2.45, 2.75) is 71.8 Å². The first-order chi connectivity index (χ1) is 21.6. The van der Waals surface area contributed by atoms with Gasteiger partial charge in [0, 0.05) is 23.2 Å². The van der Waals surface area contributed by atoms with Gasteiger partial charge in [-0.05, 0) is 80.6 Å². The second-order valence-electron chi connectivity index (χ2n) is 10.7. The number of rotatable bonds is 14. The van der Waals surface area contributed by atoms with E-state index in [-0.39, 0.29) is 11.3 Å². The number of fused-ring (bicyclic) bond motifs is 1. The number of hydrogen-bond donors (Lipinski definition) is 3. The summed E-state index contributed by atoms with van der Waals surface area (Å²) < 4.78 is 23.5. The SMILES string of the molecule is CCCc1c(OCCCOc2ccc(C(C)=O)c(OC)c2CCC)ccc2c1OC(C(=O)O)CC2.Nc1ccc(C(=O)O)cc1. The smallest absolute Gasteiger partial charge is 0.344 e. The Morgan fingerprint density at radius 1 is 0.889 bits per heavy atom. The molecule has 0 aromatic heterocycles. The van der Waals surface area contributed by atoms with Gasteiger partial charge in [0.25, 0.3) is 0 Å². The van der Waals surface area contributed by atoms with Gasteiger partial charge in [-0.2, -0.15) is 0 Å². The molecule has 1 atom stereocenters. The number of carboxylic acid groups (broad SMARTS) is 2. The lowest BCUT2D eigenvalue weighted by Gasteiger charge is -2.26. The maximum absolute atomic E-state index is 12.0. The minimum atomic E-state index is -0.933. The summed E-state index contributed by atoms with van der Waals surface area (Å²) in [6.07, 6.45) is 4.31. The summed E-state index contributed by atoms with van der Waals surface area (Å²) in [6.45, 7) is 6.58. The highest BCUT2D eigenvalue weighted by Crippen LogP contribution is 2.38. The Bertz CT molecular complexity index is 1470. The number of aromatic carboxylic acids is 1. The van der Waals surface area contributed by atoms with E-state index in [9.17, 15) is 19.5 Å². The van der Waals surface area contributed by atoms with Crippen LogP contribution in [0.4, 0.5) is 5.69 Å². The van der Waals surface area contributed by atoms with Gasteiger partial charge in [0.1, 0.15) is 23.0 Å². The molecule has 10 nitrogen and oxygen atoms in total. The van der Waals surface area contributed by atoms with Crippen LogP contribution in [0.1, 0.15) is 83.9 Å². The molecule has 1 aliphatic heterocycles. The first kappa shape index (κ1) is 34.8. The third kappa shape index (κ3) is 9.38. The van der Waals surface area contributed by atoms with Crippen LogP contribution in [0.5, 0.6) is 23.0 Å². The average Bonchev–Trinajstić information content (AvgIpc) is 3.02. The number of benzene rings is 3. The lowest BCUT2D eigenvalue weighted by Crippen LogP contribution is -2.31. The molecule has 0 fully saturated rings. The number of aliphatic carboxylic acids is 1. The Morgan fingerprint density at radius 2 is 1.49 bits per heavy atom. The Hall–Kier alpha value is -4.73. The fourth-order valence-electron chi connectivity index (χ4n) is 5.08. The number of carbonyl (C=O) groups excluding carboxylic acids is 1. The van der Waals surface area contributed by atoms with Crippen molar-refractivity contribution in [3.63, 3.8) is 0 Å². The molecule has 3 aromatic carbocycles. The summed E-state index contributed by atoms with van der Waals surface area (Å²) in [5.41, 5.74) is 9.61. The van der Waals surface area contributed by atoms with Gasteiger partial charge < -0.3 is 34.9 Å². The summed E-state index contributed by atoms with van der Waals surface area (Å²) >= 11 is 0. The van der Waals surface area contributed by atoms with Crippen molar-refractivity contribution in [1.29, 1.82) is 0 Å². The van der Waals surface area contributed by atoms with E-state index >= 15 is 0 Å². The lowest BCUT2D eigenvalue weighted by molar-refractivity contribution is -0.145. The largest absolute Gasteiger partial charge is 0.496 e. The molecule has 1 aliphatic rings. The first-order valence-electron chi connectivity index (χ1n) is 15.2. The number of aryl methyl sites for hydroxylation is 1. The molecular formula is C35H43NO9. The molecule has 0 bridgehead atoms. The quantitative estimate of drug-likeness (QED) is 0.105. The van der Waals surface area contributed by atoms with Crippen molar-refractivity contribution in [1.82, 2.24) is 0 Å². The number of carboxylic acids is 2. The van der Waals surface area contributed by atoms with E-state index < -0.39 is 18.0 Å². The van der Waals surface area contributed by atoms with Crippen LogP contribution in [-0.4, -0.2) is 54.4 Å². The number of ether oxygens (including phenoxy) is 4. The van der Waals surface area contributed by atoms with Crippen LogP contribution in [0.3, 0.4) is 0 Å². The molecule has 10 heteroatoms. The van der Waals surface area contributed by atoms with Crippen LogP contribution in [0, 0.1) is 0 Å². The zero-order valence-electron chi connectivity index (χ0n) is 26.4. The predicted octanol–water partition coefficient (Wildman–Crippen LogP) is 6.40. The predicted molar refractivity (Wildman–Crippen MR) is 171 cm³/mol. The standard InChI is InChI=1S/C28H36O7.C7H7NO2/c1-5-8-21-23(13-10-19-11-14-25(28(30)31)35-26(19)21)33-16-7-17-34-24-15-12-20(18(3)29)27(32-4)22(24)9-6-2;8-6-3-1-5(2-4-6)7(9)10/h10,12-13,15,25H,5-9,11,14,16-17H2,1-4H3,(H,30,31);1-4H,8H2,(H,9,10). The van der Waals surface area contributed by atoms with E-state index in [0.29, 0.717) is 55.2 Å². The topological polar surface area (TPSA) is 155 Å². The molecule has 4 N–H and O–H groups in total. The van der Waals surface area contributed by atoms with Gasteiger partial charge in [0.2, 0.25) is 0 Å². The molecule has 0 saturated heterocycles. The van der Waals surface area contributed by atoms with Crippen LogP contribution < -0.4 is 24.7 Å². The molecule has 1 unspecified atom stereocenters. The highest BCUT2D eigenvalue weighted by molar-refractivity contribution is 5.97. The number of methoxy groups -OCH3 is 1. The summed E-state index contributed by atoms with van der Waals surface area (Å²) in [5.74, 6) is 0.813. The highest BCUT2D eigenvalue weighted by Gasteiger charge is 2.28. The number of nitrogen functional groups attached to an aromatic ring is 1. The van der Waals surface area contributed by atoms with Crippen LogP contribution in [0.25, 0.3) is 0 Å². The minimum absolute atomic E-state index is 0.0364. The number of hydrogen-bond acceptors (Lipinski definition) is 8. The van der Waals surface area contributed by atoms with Crippen LogP contribution in [0.15, 0.2) is 48.5 Å². The number of ketones is 1. The van der Waals surface area contributed by atoms with Gasteiger partial charge in [-0.3, -0.25) is 4.79 Å². The van der Waals surface area contributed by atoms with Gasteiger partial charge in [-0.1, -0.05) is 32.8 Å². The van der Waals surface area contributed by atoms with Crippen LogP contribution >= 0.6 is 0 Å². The fraction of sp³-hybridized carbons (Fsp3) is 0.400. The molecule has 3 aromatic rings. The number of nitrogens with two attached hydrogens (primary N) is 1. The summed E-state index contributed by atoms with van der Waals surface area (Å²) in [7, 11) is 1.58. The molecule has 45 heavy (non-hydrogen) atoms. The first-order valence-corrected chi connectivity index (χ1v) is 15.2. The molecular weight excluding hydrogens is 578 g/mol. The van der Waals surface area contributed by atoms with Crippen molar-refractivity contribution in [2.75, 3.05) is 26.1 Å². The molecule has 242 valence electrons. The molecule has 0 saturated carbocycles. The molecule has 4 rings (SSSR count). The van der Waals surface area contributed by atoms with E-state index in [2.05, 4.69) is 13.8 Å². The maximum atomic E-state index is 12.0. The van der Waals surface area contributed by atoms with E-state index in [1.807, 2.05) is 18.2 Å². The van der Waals surface area contributed by atoms with Crippen molar-refractivity contribution in [2.24, 2.45) is 0 Å². The summed E-state index contributed by atoms with van der Waals surface area (Å²) in [5, 5.41) is 17.8. The van der Waals surface area contributed by atoms with Gasteiger partial charge in [0.05, 0.1) is 31.5 Å². The van der Waals surface area contributed by atoms with Crippen molar-refractivity contribution in [3.05, 3.63) is 76.3 Å². The molecule has 0 radical (unpaired) electrons. The molecule has 0 spiro atoms. The maximum Gasteiger partial charge on any atom is 0.344 e. The second kappa shape index (κ2) is 16.9. The number of carbonyl (C=O) groups is 3. The Morgan fingerprint density at radius 3 is 2.04 bits per heavy atom. The summed E-state index contributed by atoms with van der Waals surface area (Å²) in [4.78, 5) is 33.7. The third-order valence-electron chi connectivity index (χ3n) is 7.27. The van der Waals surface area contributed by atoms with Crippen LogP contribution in [-0.2, 0) is 24.1 Å². The molecule has 0 aliphatic carbocycles. The van der Waals surface area contributed by atoms with Gasteiger partial charge >= 0.3 is 11.9 Å². The molecule has 1 heterocycles. The highest BCUT2D eigenvalue weighted by atomic mass is 16.5. The zero-order valence-corrected chi connectivity index (χ0v) is 26.4. The monoisotopic (exact) mass is 621 g/mol. The lowest BCUT2D eigenvalue weighted by atomic mass is 9.96. The Kier molecular flexibility index (Phi) is 13.1. The van der Waals surface area contributed by atoms with E-state index in [4.69, 9.17) is 29.8 Å². The minimum Gasteiger partial charge on any atom is -0.496 e. The van der Waals surface area contributed by atoms with Gasteiger partial charge in [-0.25, -0.2) is 9.59 Å². The fourth-order valence-corrected chi connectivity index (χ4v) is 5.08.